The molecule has 9 heteroatoms. The first-order chi connectivity index (χ1) is 8.09. The Balaban J connectivity index is 2.62. The van der Waals surface area contributed by atoms with Crippen LogP contribution in [0.1, 0.15) is 0 Å². The molecule has 0 aliphatic rings. The average molecular weight is 272 g/mol. The van der Waals surface area contributed by atoms with E-state index < -0.39 is 0 Å². The van der Waals surface area contributed by atoms with Crippen LogP contribution in [0.15, 0.2) is 23.3 Å². The normalized spacial score (nSPS) is 10.2. The highest BCUT2D eigenvalue weighted by Gasteiger charge is 2.15. The van der Waals surface area contributed by atoms with E-state index in [0.717, 1.165) is 4.79 Å². The molecule has 0 radical (unpaired) electrons. The van der Waals surface area contributed by atoms with Crippen molar-refractivity contribution in [2.45, 2.75) is 0 Å². The van der Waals surface area contributed by atoms with Gasteiger partial charge in [0.05, 0.1) is 15.6 Å². The van der Waals surface area contributed by atoms with Crippen LogP contribution in [0.3, 0.4) is 0 Å². The fourth-order valence-corrected chi connectivity index (χ4v) is 1.79. The van der Waals surface area contributed by atoms with Crippen LogP contribution in [0.2, 0.25) is 10.0 Å². The summed E-state index contributed by atoms with van der Waals surface area (Å²) >= 11 is 12.1. The summed E-state index contributed by atoms with van der Waals surface area (Å²) in [5, 5.41) is 15.4. The molecule has 0 atom stereocenters. The largest absolute Gasteiger partial charge is 0.369 e. The van der Waals surface area contributed by atoms with Crippen molar-refractivity contribution < 1.29 is 0 Å². The Morgan fingerprint density at radius 1 is 1.24 bits per heavy atom. The molecular weight excluding hydrogens is 265 g/mol. The van der Waals surface area contributed by atoms with Crippen LogP contribution in [0.25, 0.3) is 11.4 Å². The van der Waals surface area contributed by atoms with Gasteiger partial charge in [0.25, 0.3) is 0 Å². The van der Waals surface area contributed by atoms with Crippen LogP contribution in [-0.4, -0.2) is 26.3 Å². The number of hydrogen-bond acceptors (Lipinski definition) is 4. The molecule has 0 aliphatic carbocycles. The van der Waals surface area contributed by atoms with E-state index >= 15 is 0 Å². The summed E-state index contributed by atoms with van der Waals surface area (Å²) in [6.45, 7) is 0. The molecule has 0 unspecified atom stereocenters. The molecule has 0 fully saturated rings. The first-order valence-electron chi connectivity index (χ1n) is 4.42. The van der Waals surface area contributed by atoms with Gasteiger partial charge in [-0.1, -0.05) is 29.3 Å². The van der Waals surface area contributed by atoms with Crippen LogP contribution < -0.4 is 11.5 Å². The molecule has 1 heterocycles. The number of hydrogen-bond donors (Lipinski definition) is 2. The maximum atomic E-state index is 6.03. The SMILES string of the molecule is NC(N)=Nn1nnnc1-c1c(Cl)cccc1Cl. The van der Waals surface area contributed by atoms with Gasteiger partial charge in [-0.05, 0) is 22.6 Å². The topological polar surface area (TPSA) is 108 Å². The molecule has 17 heavy (non-hydrogen) atoms. The molecule has 88 valence electrons. The molecule has 1 aromatic heterocycles. The van der Waals surface area contributed by atoms with Crippen molar-refractivity contribution in [1.29, 1.82) is 0 Å². The Morgan fingerprint density at radius 3 is 2.47 bits per heavy atom. The summed E-state index contributed by atoms with van der Waals surface area (Å²) < 4.78 is 0. The minimum absolute atomic E-state index is 0.179. The van der Waals surface area contributed by atoms with Crippen molar-refractivity contribution in [1.82, 2.24) is 20.3 Å². The third kappa shape index (κ3) is 2.29. The Bertz CT molecular complexity index is 553. The molecule has 0 aliphatic heterocycles. The average Bonchev–Trinajstić information content (AvgIpc) is 2.65. The number of tetrazole rings is 1. The van der Waals surface area contributed by atoms with Gasteiger partial charge in [0, 0.05) is 0 Å². The van der Waals surface area contributed by atoms with E-state index in [1.54, 1.807) is 18.2 Å². The molecule has 4 N–H and O–H groups in total. The van der Waals surface area contributed by atoms with Gasteiger partial charge in [-0.15, -0.1) is 15.0 Å². The van der Waals surface area contributed by atoms with Gasteiger partial charge in [-0.2, -0.15) is 0 Å². The summed E-state index contributed by atoms with van der Waals surface area (Å²) in [6.07, 6.45) is 0. The van der Waals surface area contributed by atoms with Crippen LogP contribution in [0.4, 0.5) is 0 Å². The highest BCUT2D eigenvalue weighted by atomic mass is 35.5. The highest BCUT2D eigenvalue weighted by molar-refractivity contribution is 6.38. The third-order valence-electron chi connectivity index (χ3n) is 1.85. The molecular formula is C8H7Cl2N7. The molecule has 0 amide bonds. The zero-order chi connectivity index (χ0) is 12.4. The second-order valence-electron chi connectivity index (χ2n) is 3.01. The van der Waals surface area contributed by atoms with Crippen LogP contribution in [-0.2, 0) is 0 Å². The minimum Gasteiger partial charge on any atom is -0.369 e. The number of nitrogens with two attached hydrogens (primary N) is 2. The van der Waals surface area contributed by atoms with Gasteiger partial charge in [0.1, 0.15) is 0 Å². The molecule has 0 bridgehead atoms. The highest BCUT2D eigenvalue weighted by Crippen LogP contribution is 2.32. The summed E-state index contributed by atoms with van der Waals surface area (Å²) in [5.41, 5.74) is 11.0. The van der Waals surface area contributed by atoms with Crippen molar-refractivity contribution in [2.24, 2.45) is 16.6 Å². The number of aromatic nitrogens is 4. The fraction of sp³-hybridized carbons (Fsp3) is 0. The predicted octanol–water partition coefficient (Wildman–Crippen LogP) is 0.683. The van der Waals surface area contributed by atoms with Crippen molar-refractivity contribution >= 4 is 29.2 Å². The monoisotopic (exact) mass is 271 g/mol. The Morgan fingerprint density at radius 2 is 1.88 bits per heavy atom. The molecule has 0 saturated carbocycles. The number of benzene rings is 1. The quantitative estimate of drug-likeness (QED) is 0.617. The first-order valence-corrected chi connectivity index (χ1v) is 5.18. The lowest BCUT2D eigenvalue weighted by Crippen LogP contribution is -2.24. The van der Waals surface area contributed by atoms with Crippen LogP contribution in [0.5, 0.6) is 0 Å². The van der Waals surface area contributed by atoms with E-state index in [1.807, 2.05) is 0 Å². The second-order valence-corrected chi connectivity index (χ2v) is 3.83. The maximum Gasteiger partial charge on any atom is 0.211 e. The van der Waals surface area contributed by atoms with Crippen molar-refractivity contribution in [3.63, 3.8) is 0 Å². The molecule has 7 nitrogen and oxygen atoms in total. The van der Waals surface area contributed by atoms with E-state index in [2.05, 4.69) is 20.6 Å². The van der Waals surface area contributed by atoms with Crippen LogP contribution in [0, 0.1) is 0 Å². The van der Waals surface area contributed by atoms with E-state index in [1.165, 1.54) is 0 Å². The molecule has 2 aromatic rings. The minimum atomic E-state index is -0.179. The van der Waals surface area contributed by atoms with E-state index in [0.29, 0.717) is 15.6 Å². The third-order valence-corrected chi connectivity index (χ3v) is 2.48. The van der Waals surface area contributed by atoms with Gasteiger partial charge < -0.3 is 11.5 Å². The lowest BCUT2D eigenvalue weighted by molar-refractivity contribution is 0.692. The van der Waals surface area contributed by atoms with Crippen LogP contribution >= 0.6 is 23.2 Å². The summed E-state index contributed by atoms with van der Waals surface area (Å²) in [5.74, 6) is 0.0794. The summed E-state index contributed by atoms with van der Waals surface area (Å²) in [4.78, 5) is 1.06. The zero-order valence-electron chi connectivity index (χ0n) is 8.38. The first kappa shape index (κ1) is 11.6. The summed E-state index contributed by atoms with van der Waals surface area (Å²) in [6, 6.07) is 5.04. The van der Waals surface area contributed by atoms with E-state index in [9.17, 15) is 0 Å². The lowest BCUT2D eigenvalue weighted by Gasteiger charge is -2.04. The summed E-state index contributed by atoms with van der Waals surface area (Å²) in [7, 11) is 0. The zero-order valence-corrected chi connectivity index (χ0v) is 9.89. The predicted molar refractivity (Wildman–Crippen MR) is 64.5 cm³/mol. The maximum absolute atomic E-state index is 6.03. The molecule has 2 rings (SSSR count). The van der Waals surface area contributed by atoms with Gasteiger partial charge in [0.15, 0.2) is 0 Å². The second kappa shape index (κ2) is 4.56. The molecule has 0 spiro atoms. The molecule has 1 aromatic carbocycles. The van der Waals surface area contributed by atoms with Crippen molar-refractivity contribution in [2.75, 3.05) is 0 Å². The number of halogens is 2. The van der Waals surface area contributed by atoms with Gasteiger partial charge in [0.2, 0.25) is 11.8 Å². The number of nitrogens with zero attached hydrogens (tertiary/aromatic N) is 5. The Hall–Kier alpha value is -1.86. The van der Waals surface area contributed by atoms with Gasteiger partial charge >= 0.3 is 0 Å². The standard InChI is InChI=1S/C8H7Cl2N7/c9-4-2-1-3-5(10)6(4)7-13-15-16-17(7)14-8(11)12/h1-3H,(H4,11,12,14). The lowest BCUT2D eigenvalue weighted by atomic mass is 10.2. The van der Waals surface area contributed by atoms with E-state index in [-0.39, 0.29) is 11.8 Å². The Labute approximate surface area is 106 Å². The molecule has 0 saturated heterocycles. The Kier molecular flexibility index (Phi) is 3.12. The number of rotatable bonds is 2. The van der Waals surface area contributed by atoms with Crippen molar-refractivity contribution in [3.8, 4) is 11.4 Å². The van der Waals surface area contributed by atoms with E-state index in [4.69, 9.17) is 34.7 Å². The number of guanidine groups is 1. The smallest absolute Gasteiger partial charge is 0.211 e. The fourth-order valence-electron chi connectivity index (χ4n) is 1.22. The van der Waals surface area contributed by atoms with Crippen molar-refractivity contribution in [3.05, 3.63) is 28.2 Å². The van der Waals surface area contributed by atoms with Gasteiger partial charge in [-0.3, -0.25) is 0 Å². The van der Waals surface area contributed by atoms with Gasteiger partial charge in [-0.25, -0.2) is 0 Å².